The van der Waals surface area contributed by atoms with Crippen LogP contribution in [0.3, 0.4) is 0 Å². The highest BCUT2D eigenvalue weighted by Gasteiger charge is 2.30. The largest absolute Gasteiger partial charge is 0.454 e. The van der Waals surface area contributed by atoms with E-state index in [0.717, 1.165) is 11.1 Å². The molecule has 0 saturated heterocycles. The molecule has 0 N–H and O–H groups in total. The van der Waals surface area contributed by atoms with Crippen LogP contribution >= 0.6 is 0 Å². The number of rotatable bonds is 3. The molecular weight excluding hydrogens is 396 g/mol. The van der Waals surface area contributed by atoms with Crippen molar-refractivity contribution in [2.75, 3.05) is 6.79 Å². The van der Waals surface area contributed by atoms with Gasteiger partial charge in [-0.3, -0.25) is 4.79 Å². The first-order chi connectivity index (χ1) is 15.0. The molecule has 0 fully saturated rings. The number of ether oxygens (including phenoxy) is 4. The maximum absolute atomic E-state index is 12.8. The van der Waals surface area contributed by atoms with E-state index in [1.165, 1.54) is 0 Å². The van der Waals surface area contributed by atoms with Crippen LogP contribution in [0, 0.1) is 13.8 Å². The molecule has 3 aromatic rings. The summed E-state index contributed by atoms with van der Waals surface area (Å²) in [7, 11) is 0. The van der Waals surface area contributed by atoms with E-state index in [2.05, 4.69) is 0 Å². The molecule has 0 aliphatic carbocycles. The Morgan fingerprint density at radius 2 is 1.74 bits per heavy atom. The Morgan fingerprint density at radius 1 is 0.968 bits per heavy atom. The fourth-order valence-corrected chi connectivity index (χ4v) is 3.47. The standard InChI is InChI=1S/C25H18O6/c1-14-3-5-16(6-4-14)11-22-23(26)18-8-10-19(15(2)24(18)30-22)31-25(27)17-7-9-20-21(12-17)29-13-28-20/h3-12H,13H2,1-2H3/b22-11-. The predicted octanol–water partition coefficient (Wildman–Crippen LogP) is 4.87. The summed E-state index contributed by atoms with van der Waals surface area (Å²) in [5, 5.41) is 0. The lowest BCUT2D eigenvalue weighted by Crippen LogP contribution is -2.09. The number of esters is 1. The van der Waals surface area contributed by atoms with Crippen molar-refractivity contribution in [3.05, 3.63) is 88.2 Å². The van der Waals surface area contributed by atoms with E-state index in [1.54, 1.807) is 43.3 Å². The van der Waals surface area contributed by atoms with Crippen molar-refractivity contribution in [3.8, 4) is 23.0 Å². The monoisotopic (exact) mass is 414 g/mol. The first-order valence-corrected chi connectivity index (χ1v) is 9.76. The number of carbonyl (C=O) groups is 2. The lowest BCUT2D eigenvalue weighted by molar-refractivity contribution is 0.0732. The Balaban J connectivity index is 1.40. The van der Waals surface area contributed by atoms with Crippen molar-refractivity contribution < 1.29 is 28.5 Å². The lowest BCUT2D eigenvalue weighted by Gasteiger charge is -2.10. The summed E-state index contributed by atoms with van der Waals surface area (Å²) in [6.45, 7) is 3.88. The van der Waals surface area contributed by atoms with Gasteiger partial charge in [0.15, 0.2) is 17.3 Å². The molecular formula is C25H18O6. The molecule has 0 bridgehead atoms. The summed E-state index contributed by atoms with van der Waals surface area (Å²) in [4.78, 5) is 25.4. The van der Waals surface area contributed by atoms with E-state index in [1.807, 2.05) is 31.2 Å². The van der Waals surface area contributed by atoms with Gasteiger partial charge in [0.25, 0.3) is 0 Å². The molecule has 31 heavy (non-hydrogen) atoms. The van der Waals surface area contributed by atoms with Gasteiger partial charge in [-0.05, 0) is 55.8 Å². The Labute approximate surface area is 178 Å². The first-order valence-electron chi connectivity index (χ1n) is 9.76. The normalized spacial score (nSPS) is 15.0. The molecule has 0 aromatic heterocycles. The van der Waals surface area contributed by atoms with Gasteiger partial charge >= 0.3 is 5.97 Å². The third-order valence-corrected chi connectivity index (χ3v) is 5.22. The average molecular weight is 414 g/mol. The number of fused-ring (bicyclic) bond motifs is 2. The van der Waals surface area contributed by atoms with E-state index < -0.39 is 5.97 Å². The molecule has 3 aromatic carbocycles. The number of benzene rings is 3. The third-order valence-electron chi connectivity index (χ3n) is 5.22. The lowest BCUT2D eigenvalue weighted by atomic mass is 10.1. The molecule has 2 aliphatic rings. The van der Waals surface area contributed by atoms with E-state index in [4.69, 9.17) is 18.9 Å². The van der Waals surface area contributed by atoms with E-state index >= 15 is 0 Å². The molecule has 6 nitrogen and oxygen atoms in total. The Kier molecular flexibility index (Phi) is 4.47. The summed E-state index contributed by atoms with van der Waals surface area (Å²) in [5.74, 6) is 1.31. The highest BCUT2D eigenvalue weighted by Crippen LogP contribution is 2.40. The summed E-state index contributed by atoms with van der Waals surface area (Å²) in [5.41, 5.74) is 3.36. The van der Waals surface area contributed by atoms with Gasteiger partial charge in [-0.15, -0.1) is 0 Å². The predicted molar refractivity (Wildman–Crippen MR) is 113 cm³/mol. The number of carbonyl (C=O) groups excluding carboxylic acids is 2. The quantitative estimate of drug-likeness (QED) is 0.346. The smallest absolute Gasteiger partial charge is 0.343 e. The number of Topliss-reactive ketones (excluding diaryl/α,β-unsaturated/α-hetero) is 1. The fraction of sp³-hybridized carbons (Fsp3) is 0.120. The van der Waals surface area contributed by atoms with Gasteiger partial charge in [-0.25, -0.2) is 4.79 Å². The summed E-state index contributed by atoms with van der Waals surface area (Å²) < 4.78 is 22.0. The Morgan fingerprint density at radius 3 is 2.55 bits per heavy atom. The molecule has 2 aliphatic heterocycles. The molecule has 2 heterocycles. The molecule has 0 unspecified atom stereocenters. The molecule has 0 spiro atoms. The van der Waals surface area contributed by atoms with Crippen LogP contribution in [-0.4, -0.2) is 18.5 Å². The average Bonchev–Trinajstić information content (AvgIpc) is 3.36. The highest BCUT2D eigenvalue weighted by molar-refractivity contribution is 6.15. The molecule has 0 saturated carbocycles. The minimum Gasteiger partial charge on any atom is -0.454 e. The van der Waals surface area contributed by atoms with Gasteiger partial charge in [0.1, 0.15) is 11.5 Å². The van der Waals surface area contributed by atoms with Gasteiger partial charge in [-0.2, -0.15) is 0 Å². The van der Waals surface area contributed by atoms with Crippen LogP contribution in [0.15, 0.2) is 60.4 Å². The number of hydrogen-bond acceptors (Lipinski definition) is 6. The van der Waals surface area contributed by atoms with Crippen molar-refractivity contribution in [1.29, 1.82) is 0 Å². The molecule has 0 atom stereocenters. The number of ketones is 1. The summed E-state index contributed by atoms with van der Waals surface area (Å²) in [6.07, 6.45) is 1.71. The maximum Gasteiger partial charge on any atom is 0.343 e. The zero-order valence-corrected chi connectivity index (χ0v) is 16.9. The van der Waals surface area contributed by atoms with Gasteiger partial charge < -0.3 is 18.9 Å². The van der Waals surface area contributed by atoms with Crippen molar-refractivity contribution in [3.63, 3.8) is 0 Å². The first kappa shape index (κ1) is 18.9. The fourth-order valence-electron chi connectivity index (χ4n) is 3.47. The molecule has 0 radical (unpaired) electrons. The molecule has 0 amide bonds. The van der Waals surface area contributed by atoms with Crippen LogP contribution in [0.1, 0.15) is 37.4 Å². The van der Waals surface area contributed by atoms with Gasteiger partial charge in [0.2, 0.25) is 12.6 Å². The Hall–Kier alpha value is -4.06. The van der Waals surface area contributed by atoms with Gasteiger partial charge in [-0.1, -0.05) is 29.8 Å². The topological polar surface area (TPSA) is 71.1 Å². The minimum atomic E-state index is -0.541. The van der Waals surface area contributed by atoms with Crippen LogP contribution in [0.5, 0.6) is 23.0 Å². The second kappa shape index (κ2) is 7.32. The highest BCUT2D eigenvalue weighted by atomic mass is 16.7. The second-order valence-corrected chi connectivity index (χ2v) is 7.37. The summed E-state index contributed by atoms with van der Waals surface area (Å²) >= 11 is 0. The van der Waals surface area contributed by atoms with Crippen molar-refractivity contribution in [1.82, 2.24) is 0 Å². The van der Waals surface area contributed by atoms with E-state index in [-0.39, 0.29) is 18.3 Å². The zero-order chi connectivity index (χ0) is 21.5. The van der Waals surface area contributed by atoms with E-state index in [9.17, 15) is 9.59 Å². The van der Waals surface area contributed by atoms with Crippen LogP contribution in [0.25, 0.3) is 6.08 Å². The maximum atomic E-state index is 12.8. The van der Waals surface area contributed by atoms with Crippen LogP contribution < -0.4 is 18.9 Å². The van der Waals surface area contributed by atoms with Gasteiger partial charge in [0.05, 0.1) is 11.1 Å². The molecule has 6 heteroatoms. The van der Waals surface area contributed by atoms with Crippen molar-refractivity contribution in [2.24, 2.45) is 0 Å². The number of hydrogen-bond donors (Lipinski definition) is 0. The summed E-state index contributed by atoms with van der Waals surface area (Å²) in [6, 6.07) is 15.9. The van der Waals surface area contributed by atoms with E-state index in [0.29, 0.717) is 39.7 Å². The molecule has 5 rings (SSSR count). The SMILES string of the molecule is Cc1ccc(/C=C2\Oc3c(ccc(OC(=O)c4ccc5c(c4)OCO5)c3C)C2=O)cc1. The number of aryl methyl sites for hydroxylation is 1. The number of allylic oxidation sites excluding steroid dienone is 1. The Bertz CT molecular complexity index is 1250. The third kappa shape index (κ3) is 3.42. The van der Waals surface area contributed by atoms with Crippen LogP contribution in [0.4, 0.5) is 0 Å². The zero-order valence-electron chi connectivity index (χ0n) is 16.9. The van der Waals surface area contributed by atoms with Crippen molar-refractivity contribution >= 4 is 17.8 Å². The minimum absolute atomic E-state index is 0.127. The van der Waals surface area contributed by atoms with Gasteiger partial charge in [0, 0.05) is 5.56 Å². The second-order valence-electron chi connectivity index (χ2n) is 7.37. The molecule has 154 valence electrons. The van der Waals surface area contributed by atoms with Crippen molar-refractivity contribution in [2.45, 2.75) is 13.8 Å². The van der Waals surface area contributed by atoms with Crippen LogP contribution in [0.2, 0.25) is 0 Å². The van der Waals surface area contributed by atoms with Crippen LogP contribution in [-0.2, 0) is 0 Å².